The summed E-state index contributed by atoms with van der Waals surface area (Å²) < 4.78 is 21.6. The number of thioether (sulfide) groups is 1. The molecule has 1 atom stereocenters. The molecule has 2 aliphatic rings. The molecule has 2 N–H and O–H groups in total. The van der Waals surface area contributed by atoms with Crippen molar-refractivity contribution >= 4 is 11.8 Å². The predicted molar refractivity (Wildman–Crippen MR) is 96.8 cm³/mol. The number of aromatic nitrogens is 3. The van der Waals surface area contributed by atoms with Gasteiger partial charge in [-0.05, 0) is 25.0 Å². The van der Waals surface area contributed by atoms with Crippen LogP contribution in [0, 0.1) is 5.82 Å². The summed E-state index contributed by atoms with van der Waals surface area (Å²) in [6.07, 6.45) is 1.72. The van der Waals surface area contributed by atoms with Gasteiger partial charge in [0.2, 0.25) is 0 Å². The van der Waals surface area contributed by atoms with Crippen molar-refractivity contribution in [2.45, 2.75) is 30.1 Å². The second-order valence-electron chi connectivity index (χ2n) is 6.92. The van der Waals surface area contributed by atoms with Gasteiger partial charge < -0.3 is 14.7 Å². The van der Waals surface area contributed by atoms with Crippen molar-refractivity contribution in [3.63, 3.8) is 0 Å². The first-order chi connectivity index (χ1) is 12.7. The van der Waals surface area contributed by atoms with E-state index in [1.54, 1.807) is 12.1 Å². The first-order valence-corrected chi connectivity index (χ1v) is 10.1. The lowest BCUT2D eigenvalue weighted by Crippen LogP contribution is -3.15. The lowest BCUT2D eigenvalue weighted by atomic mass is 10.2. The Bertz CT molecular complexity index is 747. The minimum absolute atomic E-state index is 0.283. The van der Waals surface area contributed by atoms with E-state index < -0.39 is 6.10 Å². The molecular weight excluding hydrogens is 355 g/mol. The number of hydrogen-bond donors (Lipinski definition) is 2. The molecule has 0 bridgehead atoms. The van der Waals surface area contributed by atoms with E-state index in [2.05, 4.69) is 10.2 Å². The van der Waals surface area contributed by atoms with Gasteiger partial charge in [0.15, 0.2) is 11.0 Å². The average Bonchev–Trinajstić information content (AvgIpc) is 3.41. The minimum Gasteiger partial charge on any atom is -0.386 e. The molecule has 0 radical (unpaired) electrons. The predicted octanol–water partition coefficient (Wildman–Crippen LogP) is 0.787. The average molecular weight is 379 g/mol. The van der Waals surface area contributed by atoms with Gasteiger partial charge in [0.25, 0.3) is 0 Å². The fourth-order valence-electron chi connectivity index (χ4n) is 3.29. The van der Waals surface area contributed by atoms with Crippen molar-refractivity contribution in [1.82, 2.24) is 14.8 Å². The Labute approximate surface area is 156 Å². The van der Waals surface area contributed by atoms with E-state index in [1.807, 2.05) is 10.6 Å². The molecule has 6 nitrogen and oxygen atoms in total. The van der Waals surface area contributed by atoms with E-state index in [9.17, 15) is 9.50 Å². The molecule has 140 valence electrons. The Morgan fingerprint density at radius 2 is 2.04 bits per heavy atom. The van der Waals surface area contributed by atoms with E-state index in [0.29, 0.717) is 29.7 Å². The van der Waals surface area contributed by atoms with Crippen LogP contribution in [-0.4, -0.2) is 64.6 Å². The van der Waals surface area contributed by atoms with Crippen LogP contribution in [0.15, 0.2) is 29.4 Å². The van der Waals surface area contributed by atoms with Crippen LogP contribution in [0.25, 0.3) is 11.4 Å². The number of rotatable bonds is 7. The lowest BCUT2D eigenvalue weighted by molar-refractivity contribution is -0.910. The molecular formula is C18H24FN4O2S+. The fraction of sp³-hybridized carbons (Fsp3) is 0.556. The van der Waals surface area contributed by atoms with Crippen LogP contribution in [0.3, 0.4) is 0 Å². The summed E-state index contributed by atoms with van der Waals surface area (Å²) in [6, 6.07) is 7.01. The van der Waals surface area contributed by atoms with Gasteiger partial charge in [-0.1, -0.05) is 23.9 Å². The Kier molecular flexibility index (Phi) is 5.54. The van der Waals surface area contributed by atoms with Gasteiger partial charge in [-0.25, -0.2) is 4.39 Å². The van der Waals surface area contributed by atoms with Gasteiger partial charge in [-0.2, -0.15) is 0 Å². The van der Waals surface area contributed by atoms with E-state index in [4.69, 9.17) is 4.74 Å². The van der Waals surface area contributed by atoms with Gasteiger partial charge in [0.1, 0.15) is 31.6 Å². The van der Waals surface area contributed by atoms with Gasteiger partial charge in [-0.15, -0.1) is 10.2 Å². The molecule has 0 amide bonds. The van der Waals surface area contributed by atoms with Crippen molar-refractivity contribution in [3.8, 4) is 11.4 Å². The number of nitrogens with one attached hydrogen (secondary N) is 1. The van der Waals surface area contributed by atoms with Crippen LogP contribution in [-0.2, 0) is 4.74 Å². The third kappa shape index (κ3) is 4.09. The molecule has 0 unspecified atom stereocenters. The highest BCUT2D eigenvalue weighted by Gasteiger charge is 2.31. The molecule has 1 aliphatic heterocycles. The first kappa shape index (κ1) is 17.9. The first-order valence-electron chi connectivity index (χ1n) is 9.14. The Hall–Kier alpha value is -1.48. The van der Waals surface area contributed by atoms with Crippen molar-refractivity contribution < 1.29 is 19.1 Å². The molecule has 8 heteroatoms. The second kappa shape index (κ2) is 8.04. The molecule has 2 aromatic rings. The maximum absolute atomic E-state index is 14.2. The third-order valence-electron chi connectivity index (χ3n) is 4.82. The number of nitrogens with zero attached hydrogens (tertiary/aromatic N) is 3. The van der Waals surface area contributed by atoms with E-state index in [1.165, 1.54) is 22.7 Å². The maximum Gasteiger partial charge on any atom is 0.191 e. The zero-order valence-electron chi connectivity index (χ0n) is 14.6. The molecule has 1 aliphatic carbocycles. The fourth-order valence-corrected chi connectivity index (χ4v) is 4.22. The number of hydrogen-bond acceptors (Lipinski definition) is 5. The summed E-state index contributed by atoms with van der Waals surface area (Å²) in [6.45, 7) is 4.12. The number of morpholine rings is 1. The highest BCUT2D eigenvalue weighted by atomic mass is 32.2. The summed E-state index contributed by atoms with van der Waals surface area (Å²) in [5.74, 6) is 0.864. The Morgan fingerprint density at radius 1 is 1.27 bits per heavy atom. The molecule has 1 saturated heterocycles. The van der Waals surface area contributed by atoms with Crippen LogP contribution >= 0.6 is 11.8 Å². The van der Waals surface area contributed by atoms with Gasteiger partial charge in [0.05, 0.1) is 18.8 Å². The number of aliphatic hydroxyl groups is 1. The van der Waals surface area contributed by atoms with E-state index in [0.717, 1.165) is 44.3 Å². The van der Waals surface area contributed by atoms with Gasteiger partial charge in [0, 0.05) is 11.8 Å². The summed E-state index contributed by atoms with van der Waals surface area (Å²) in [5.41, 5.74) is 0.483. The summed E-state index contributed by atoms with van der Waals surface area (Å²) in [7, 11) is 0. The van der Waals surface area contributed by atoms with E-state index in [-0.39, 0.29) is 5.82 Å². The zero-order valence-corrected chi connectivity index (χ0v) is 15.4. The largest absolute Gasteiger partial charge is 0.386 e. The zero-order chi connectivity index (χ0) is 17.9. The summed E-state index contributed by atoms with van der Waals surface area (Å²) in [4.78, 5) is 1.38. The number of quaternary nitrogens is 1. The summed E-state index contributed by atoms with van der Waals surface area (Å²) >= 11 is 1.51. The molecule has 26 heavy (non-hydrogen) atoms. The Morgan fingerprint density at radius 3 is 2.77 bits per heavy atom. The quantitative estimate of drug-likeness (QED) is 0.697. The van der Waals surface area contributed by atoms with Crippen LogP contribution in [0.5, 0.6) is 0 Å². The molecule has 2 fully saturated rings. The normalized spacial score (nSPS) is 19.6. The van der Waals surface area contributed by atoms with E-state index >= 15 is 0 Å². The van der Waals surface area contributed by atoms with Crippen LogP contribution in [0.1, 0.15) is 18.9 Å². The molecule has 0 spiro atoms. The molecule has 1 aromatic carbocycles. The smallest absolute Gasteiger partial charge is 0.191 e. The van der Waals surface area contributed by atoms with Crippen molar-refractivity contribution in [2.75, 3.05) is 38.6 Å². The topological polar surface area (TPSA) is 64.6 Å². The van der Waals surface area contributed by atoms with Crippen LogP contribution < -0.4 is 4.90 Å². The van der Waals surface area contributed by atoms with Gasteiger partial charge in [-0.3, -0.25) is 4.57 Å². The highest BCUT2D eigenvalue weighted by molar-refractivity contribution is 7.99. The highest BCUT2D eigenvalue weighted by Crippen LogP contribution is 2.41. The number of aliphatic hydroxyl groups excluding tert-OH is 1. The lowest BCUT2D eigenvalue weighted by Gasteiger charge is -2.25. The molecule has 1 aromatic heterocycles. The standard InChI is InChI=1S/C18H23FN4O2S/c19-16-4-2-1-3-15(16)17-20-21-18(23(17)13-5-6-13)26-12-14(24)11-22-7-9-25-10-8-22/h1-4,13-14,24H,5-12H2/p+1/t14-/m0/s1. The summed E-state index contributed by atoms with van der Waals surface area (Å²) in [5, 5.41) is 19.7. The van der Waals surface area contributed by atoms with Crippen molar-refractivity contribution in [3.05, 3.63) is 30.1 Å². The molecule has 2 heterocycles. The number of benzene rings is 1. The minimum atomic E-state index is -0.408. The van der Waals surface area contributed by atoms with Crippen LogP contribution in [0.4, 0.5) is 4.39 Å². The van der Waals surface area contributed by atoms with Crippen LogP contribution in [0.2, 0.25) is 0 Å². The second-order valence-corrected chi connectivity index (χ2v) is 7.91. The molecule has 1 saturated carbocycles. The van der Waals surface area contributed by atoms with Crippen molar-refractivity contribution in [1.29, 1.82) is 0 Å². The third-order valence-corrected chi connectivity index (χ3v) is 5.91. The van der Waals surface area contributed by atoms with Crippen molar-refractivity contribution in [2.24, 2.45) is 0 Å². The van der Waals surface area contributed by atoms with Gasteiger partial charge >= 0.3 is 0 Å². The number of halogens is 1. The maximum atomic E-state index is 14.2. The Balaban J connectivity index is 1.44. The number of ether oxygens (including phenoxy) is 1. The SMILES string of the molecule is O[C@H](CSc1nnc(-c2ccccc2F)n1C1CC1)C[NH+]1CCOCC1. The molecule has 4 rings (SSSR count). The monoisotopic (exact) mass is 379 g/mol.